The van der Waals surface area contributed by atoms with Crippen LogP contribution in [0, 0.1) is 3.57 Å². The average Bonchev–Trinajstić information content (AvgIpc) is 2.88. The minimum absolute atomic E-state index is 0.0503. The van der Waals surface area contributed by atoms with Gasteiger partial charge in [0.05, 0.1) is 11.8 Å². The van der Waals surface area contributed by atoms with Crippen molar-refractivity contribution in [1.29, 1.82) is 0 Å². The van der Waals surface area contributed by atoms with Crippen LogP contribution in [0.25, 0.3) is 0 Å². The summed E-state index contributed by atoms with van der Waals surface area (Å²) in [6, 6.07) is 7.43. The van der Waals surface area contributed by atoms with Crippen molar-refractivity contribution in [3.05, 3.63) is 45.8 Å². The Morgan fingerprint density at radius 3 is 2.60 bits per heavy atom. The fourth-order valence-corrected chi connectivity index (χ4v) is 4.90. The van der Waals surface area contributed by atoms with Gasteiger partial charge in [0.15, 0.2) is 0 Å². The van der Waals surface area contributed by atoms with Gasteiger partial charge in [-0.15, -0.1) is 0 Å². The summed E-state index contributed by atoms with van der Waals surface area (Å²) in [5.74, 6) is -0.0503. The third kappa shape index (κ3) is 3.87. The first-order valence-corrected chi connectivity index (χ1v) is 10.4. The molecule has 0 spiro atoms. The second-order valence-electron chi connectivity index (χ2n) is 5.88. The Balaban J connectivity index is 1.74. The fourth-order valence-electron chi connectivity index (χ4n) is 2.82. The van der Waals surface area contributed by atoms with E-state index >= 15 is 0 Å². The minimum Gasteiger partial charge on any atom is -0.337 e. The van der Waals surface area contributed by atoms with Crippen molar-refractivity contribution in [2.75, 3.05) is 26.2 Å². The van der Waals surface area contributed by atoms with Gasteiger partial charge in [0.2, 0.25) is 10.0 Å². The molecule has 9 heteroatoms. The molecule has 1 aromatic heterocycles. The molecule has 1 aromatic carbocycles. The average molecular weight is 474 g/mol. The molecule has 0 saturated carbocycles. The standard InChI is InChI=1S/C16H19IN4O3S/c1-19-12-13(11-18-19)25(23,24)21-8-4-7-20(9-10-21)16(22)14-5-2-3-6-15(14)17/h2-3,5-6,11-12H,4,7-10H2,1H3. The van der Waals surface area contributed by atoms with Crippen molar-refractivity contribution in [3.8, 4) is 0 Å². The van der Waals surface area contributed by atoms with E-state index in [0.29, 0.717) is 31.6 Å². The highest BCUT2D eigenvalue weighted by atomic mass is 127. The summed E-state index contributed by atoms with van der Waals surface area (Å²) in [6.45, 7) is 1.60. The van der Waals surface area contributed by atoms with Crippen LogP contribution < -0.4 is 0 Å². The van der Waals surface area contributed by atoms with Gasteiger partial charge in [0.25, 0.3) is 5.91 Å². The van der Waals surface area contributed by atoms with Crippen molar-refractivity contribution in [2.24, 2.45) is 7.05 Å². The van der Waals surface area contributed by atoms with Gasteiger partial charge in [-0.2, -0.15) is 9.40 Å². The third-order valence-corrected chi connectivity index (χ3v) is 6.96. The predicted octanol–water partition coefficient (Wildman–Crippen LogP) is 1.56. The first kappa shape index (κ1) is 18.3. The fraction of sp³-hybridized carbons (Fsp3) is 0.375. The van der Waals surface area contributed by atoms with Gasteiger partial charge in [-0.1, -0.05) is 12.1 Å². The van der Waals surface area contributed by atoms with Crippen LogP contribution in [0.4, 0.5) is 0 Å². The number of halogens is 1. The van der Waals surface area contributed by atoms with E-state index in [2.05, 4.69) is 27.7 Å². The smallest absolute Gasteiger partial charge is 0.254 e. The lowest BCUT2D eigenvalue weighted by Gasteiger charge is -2.22. The molecule has 0 radical (unpaired) electrons. The summed E-state index contributed by atoms with van der Waals surface area (Å²) in [4.78, 5) is 14.7. The van der Waals surface area contributed by atoms with E-state index < -0.39 is 10.0 Å². The second-order valence-corrected chi connectivity index (χ2v) is 8.98. The Kier molecular flexibility index (Phi) is 5.44. The molecule has 1 saturated heterocycles. The number of nitrogens with zero attached hydrogens (tertiary/aromatic N) is 4. The van der Waals surface area contributed by atoms with Crippen LogP contribution in [0.1, 0.15) is 16.8 Å². The van der Waals surface area contributed by atoms with Gasteiger partial charge >= 0.3 is 0 Å². The molecule has 0 unspecified atom stereocenters. The zero-order valence-corrected chi connectivity index (χ0v) is 16.8. The first-order chi connectivity index (χ1) is 11.9. The number of hydrogen-bond donors (Lipinski definition) is 0. The topological polar surface area (TPSA) is 75.5 Å². The van der Waals surface area contributed by atoms with E-state index in [1.165, 1.54) is 21.4 Å². The van der Waals surface area contributed by atoms with Crippen molar-refractivity contribution in [3.63, 3.8) is 0 Å². The molecule has 0 bridgehead atoms. The molecular weight excluding hydrogens is 455 g/mol. The molecule has 1 aliphatic heterocycles. The van der Waals surface area contributed by atoms with Gasteiger partial charge in [-0.05, 0) is 41.1 Å². The van der Waals surface area contributed by atoms with Crippen LogP contribution in [-0.2, 0) is 17.1 Å². The van der Waals surface area contributed by atoms with Crippen LogP contribution in [0.3, 0.4) is 0 Å². The highest BCUT2D eigenvalue weighted by molar-refractivity contribution is 14.1. The Labute approximate surface area is 160 Å². The lowest BCUT2D eigenvalue weighted by molar-refractivity contribution is 0.0763. The Hall–Kier alpha value is -1.46. The van der Waals surface area contributed by atoms with Crippen LogP contribution in [-0.4, -0.2) is 59.5 Å². The van der Waals surface area contributed by atoms with Crippen molar-refractivity contribution >= 4 is 38.5 Å². The highest BCUT2D eigenvalue weighted by Crippen LogP contribution is 2.19. The molecule has 2 heterocycles. The van der Waals surface area contributed by atoms with Crippen LogP contribution in [0.15, 0.2) is 41.6 Å². The quantitative estimate of drug-likeness (QED) is 0.633. The van der Waals surface area contributed by atoms with Gasteiger partial charge in [0.1, 0.15) is 4.90 Å². The second kappa shape index (κ2) is 7.42. The van der Waals surface area contributed by atoms with E-state index in [1.807, 2.05) is 18.2 Å². The SMILES string of the molecule is Cn1cc(S(=O)(=O)N2CCCN(C(=O)c3ccccc3I)CC2)cn1. The van der Waals surface area contributed by atoms with E-state index in [0.717, 1.165) is 3.57 Å². The molecule has 2 aromatic rings. The number of aryl methyl sites for hydroxylation is 1. The molecule has 0 aliphatic carbocycles. The van der Waals surface area contributed by atoms with Crippen molar-refractivity contribution in [1.82, 2.24) is 19.0 Å². The Bertz CT molecular complexity index is 881. The lowest BCUT2D eigenvalue weighted by Crippen LogP contribution is -2.37. The summed E-state index contributed by atoms with van der Waals surface area (Å²) < 4.78 is 29.2. The zero-order valence-electron chi connectivity index (χ0n) is 13.8. The molecule has 3 rings (SSSR count). The monoisotopic (exact) mass is 474 g/mol. The Morgan fingerprint density at radius 2 is 1.92 bits per heavy atom. The lowest BCUT2D eigenvalue weighted by atomic mass is 10.2. The molecular formula is C16H19IN4O3S. The van der Waals surface area contributed by atoms with Gasteiger partial charge in [-0.25, -0.2) is 8.42 Å². The Morgan fingerprint density at radius 1 is 1.16 bits per heavy atom. The van der Waals surface area contributed by atoms with Gasteiger partial charge in [0, 0.05) is 43.0 Å². The van der Waals surface area contributed by atoms with Gasteiger partial charge in [-0.3, -0.25) is 9.48 Å². The first-order valence-electron chi connectivity index (χ1n) is 7.92. The van der Waals surface area contributed by atoms with E-state index in [4.69, 9.17) is 0 Å². The molecule has 1 amide bonds. The maximum absolute atomic E-state index is 12.7. The van der Waals surface area contributed by atoms with Gasteiger partial charge < -0.3 is 4.90 Å². The molecule has 0 atom stereocenters. The summed E-state index contributed by atoms with van der Waals surface area (Å²) in [6.07, 6.45) is 3.46. The molecule has 1 fully saturated rings. The number of sulfonamides is 1. The molecule has 25 heavy (non-hydrogen) atoms. The summed E-state index contributed by atoms with van der Waals surface area (Å²) in [7, 11) is -1.89. The maximum Gasteiger partial charge on any atom is 0.254 e. The molecule has 7 nitrogen and oxygen atoms in total. The number of benzene rings is 1. The largest absolute Gasteiger partial charge is 0.337 e. The number of amides is 1. The van der Waals surface area contributed by atoms with Crippen molar-refractivity contribution < 1.29 is 13.2 Å². The normalized spacial score (nSPS) is 16.6. The summed E-state index contributed by atoms with van der Waals surface area (Å²) in [5.41, 5.74) is 0.659. The number of carbonyl (C=O) groups excluding carboxylic acids is 1. The van der Waals surface area contributed by atoms with E-state index in [-0.39, 0.29) is 17.3 Å². The molecule has 1 aliphatic rings. The van der Waals surface area contributed by atoms with Crippen LogP contribution in [0.5, 0.6) is 0 Å². The van der Waals surface area contributed by atoms with E-state index in [9.17, 15) is 13.2 Å². The number of aromatic nitrogens is 2. The summed E-state index contributed by atoms with van der Waals surface area (Å²) in [5, 5.41) is 3.94. The van der Waals surface area contributed by atoms with Crippen LogP contribution >= 0.6 is 22.6 Å². The van der Waals surface area contributed by atoms with Crippen molar-refractivity contribution in [2.45, 2.75) is 11.3 Å². The number of hydrogen-bond acceptors (Lipinski definition) is 4. The molecule has 134 valence electrons. The maximum atomic E-state index is 12.7. The van der Waals surface area contributed by atoms with Crippen LogP contribution in [0.2, 0.25) is 0 Å². The highest BCUT2D eigenvalue weighted by Gasteiger charge is 2.29. The molecule has 0 N–H and O–H groups in total. The minimum atomic E-state index is -3.58. The number of carbonyl (C=O) groups is 1. The summed E-state index contributed by atoms with van der Waals surface area (Å²) >= 11 is 2.15. The number of rotatable bonds is 3. The third-order valence-electron chi connectivity index (χ3n) is 4.17. The zero-order chi connectivity index (χ0) is 18.0. The van der Waals surface area contributed by atoms with E-state index in [1.54, 1.807) is 18.0 Å². The predicted molar refractivity (Wildman–Crippen MR) is 102 cm³/mol.